The molecule has 0 spiro atoms. The Balaban J connectivity index is 1.49. The molecule has 0 fully saturated rings. The highest BCUT2D eigenvalue weighted by Crippen LogP contribution is 2.26. The van der Waals surface area contributed by atoms with Crippen molar-refractivity contribution in [1.82, 2.24) is 0 Å². The molecule has 49 heavy (non-hydrogen) atoms. The second-order valence-electron chi connectivity index (χ2n) is 10.2. The minimum absolute atomic E-state index is 0.125. The Morgan fingerprint density at radius 2 is 1.16 bits per heavy atom. The molecule has 0 aromatic heterocycles. The first-order valence-corrected chi connectivity index (χ1v) is 15.5. The molecule has 11 nitrogen and oxygen atoms in total. The first-order valence-electron chi connectivity index (χ1n) is 15.5. The van der Waals surface area contributed by atoms with Gasteiger partial charge in [-0.15, -0.1) is 0 Å². The molecule has 256 valence electrons. The molecule has 0 saturated carbocycles. The van der Waals surface area contributed by atoms with Gasteiger partial charge in [-0.2, -0.15) is 0 Å². The Hall–Kier alpha value is -5.97. The van der Waals surface area contributed by atoms with Gasteiger partial charge in [0.1, 0.15) is 17.2 Å². The SMILES string of the molecule is C=CC(=O)OCCCCOc1ccc(C=Nc2ccc(OC(=O)/C=C/c3ccc(OCCCCOC(=O)C=C)cc3)cc2C(=O)OC)cc1. The van der Waals surface area contributed by atoms with E-state index in [0.29, 0.717) is 62.9 Å². The van der Waals surface area contributed by atoms with E-state index in [1.165, 1.54) is 25.3 Å². The predicted molar refractivity (Wildman–Crippen MR) is 184 cm³/mol. The van der Waals surface area contributed by atoms with E-state index in [0.717, 1.165) is 29.7 Å². The van der Waals surface area contributed by atoms with Crippen LogP contribution in [-0.4, -0.2) is 63.6 Å². The van der Waals surface area contributed by atoms with Crippen LogP contribution in [0.15, 0.2) is 103 Å². The van der Waals surface area contributed by atoms with Gasteiger partial charge in [-0.25, -0.2) is 19.2 Å². The molecule has 0 aliphatic carbocycles. The van der Waals surface area contributed by atoms with E-state index in [2.05, 4.69) is 18.2 Å². The molecule has 0 bridgehead atoms. The summed E-state index contributed by atoms with van der Waals surface area (Å²) in [6, 6.07) is 18.9. The summed E-state index contributed by atoms with van der Waals surface area (Å²) < 4.78 is 31.6. The average Bonchev–Trinajstić information content (AvgIpc) is 3.13. The summed E-state index contributed by atoms with van der Waals surface area (Å²) in [7, 11) is 1.25. The van der Waals surface area contributed by atoms with Gasteiger partial charge in [-0.3, -0.25) is 4.99 Å². The molecule has 0 aliphatic heterocycles. The van der Waals surface area contributed by atoms with Gasteiger partial charge in [-0.1, -0.05) is 25.3 Å². The normalized spacial score (nSPS) is 10.7. The van der Waals surface area contributed by atoms with Gasteiger partial charge in [0.15, 0.2) is 0 Å². The van der Waals surface area contributed by atoms with Crippen LogP contribution < -0.4 is 14.2 Å². The smallest absolute Gasteiger partial charge is 0.340 e. The van der Waals surface area contributed by atoms with E-state index in [-0.39, 0.29) is 11.3 Å². The monoisotopic (exact) mass is 669 g/mol. The molecular formula is C38H39NO10. The zero-order chi connectivity index (χ0) is 35.3. The second-order valence-corrected chi connectivity index (χ2v) is 10.2. The van der Waals surface area contributed by atoms with E-state index in [9.17, 15) is 19.2 Å². The maximum atomic E-state index is 12.5. The summed E-state index contributed by atoms with van der Waals surface area (Å²) >= 11 is 0. The lowest BCUT2D eigenvalue weighted by molar-refractivity contribution is -0.138. The lowest BCUT2D eigenvalue weighted by atomic mass is 10.1. The highest BCUT2D eigenvalue weighted by Gasteiger charge is 2.14. The van der Waals surface area contributed by atoms with E-state index < -0.39 is 23.9 Å². The molecule has 0 aliphatic rings. The van der Waals surface area contributed by atoms with E-state index in [1.807, 2.05) is 12.1 Å². The van der Waals surface area contributed by atoms with Crippen molar-refractivity contribution in [3.63, 3.8) is 0 Å². The van der Waals surface area contributed by atoms with E-state index >= 15 is 0 Å². The zero-order valence-corrected chi connectivity index (χ0v) is 27.3. The third-order valence-electron chi connectivity index (χ3n) is 6.55. The summed E-state index contributed by atoms with van der Waals surface area (Å²) in [5.74, 6) is -0.664. The largest absolute Gasteiger partial charge is 0.494 e. The molecule has 0 heterocycles. The zero-order valence-electron chi connectivity index (χ0n) is 27.3. The number of carbonyl (C=O) groups excluding carboxylic acids is 4. The predicted octanol–water partition coefficient (Wildman–Crippen LogP) is 6.62. The number of benzene rings is 3. The number of esters is 4. The summed E-state index contributed by atoms with van der Waals surface area (Å²) in [6.07, 6.45) is 9.51. The van der Waals surface area contributed by atoms with Crippen LogP contribution >= 0.6 is 0 Å². The Kier molecular flexibility index (Phi) is 16.1. The van der Waals surface area contributed by atoms with Crippen LogP contribution in [0.1, 0.15) is 47.2 Å². The minimum Gasteiger partial charge on any atom is -0.494 e. The van der Waals surface area contributed by atoms with Crippen molar-refractivity contribution in [3.05, 3.63) is 115 Å². The lowest BCUT2D eigenvalue weighted by Crippen LogP contribution is -2.06. The number of methoxy groups -OCH3 is 1. The van der Waals surface area contributed by atoms with Gasteiger partial charge in [0, 0.05) is 24.4 Å². The number of nitrogens with zero attached hydrogens (tertiary/aromatic N) is 1. The Bertz CT molecular complexity index is 1630. The molecule has 0 atom stereocenters. The van der Waals surface area contributed by atoms with E-state index in [1.54, 1.807) is 54.8 Å². The van der Waals surface area contributed by atoms with Crippen LogP contribution in [0, 0.1) is 0 Å². The molecule has 0 amide bonds. The molecule has 3 aromatic rings. The fourth-order valence-electron chi connectivity index (χ4n) is 4.00. The number of hydrogen-bond acceptors (Lipinski definition) is 11. The maximum absolute atomic E-state index is 12.5. The summed E-state index contributed by atoms with van der Waals surface area (Å²) in [5.41, 5.74) is 1.98. The average molecular weight is 670 g/mol. The summed E-state index contributed by atoms with van der Waals surface area (Å²) in [4.78, 5) is 51.5. The van der Waals surface area contributed by atoms with Crippen molar-refractivity contribution in [2.75, 3.05) is 33.5 Å². The maximum Gasteiger partial charge on any atom is 0.340 e. The highest BCUT2D eigenvalue weighted by molar-refractivity contribution is 5.97. The Labute approximate surface area is 285 Å². The highest BCUT2D eigenvalue weighted by atomic mass is 16.5. The van der Waals surface area contributed by atoms with Gasteiger partial charge in [0.25, 0.3) is 0 Å². The lowest BCUT2D eigenvalue weighted by Gasteiger charge is -2.08. The minimum atomic E-state index is -0.637. The fourth-order valence-corrected chi connectivity index (χ4v) is 4.00. The Morgan fingerprint density at radius 1 is 0.653 bits per heavy atom. The van der Waals surface area contributed by atoms with Crippen molar-refractivity contribution in [1.29, 1.82) is 0 Å². The van der Waals surface area contributed by atoms with Gasteiger partial charge in [0.05, 0.1) is 44.8 Å². The first kappa shape index (κ1) is 37.5. The van der Waals surface area contributed by atoms with Crippen molar-refractivity contribution in [2.45, 2.75) is 25.7 Å². The van der Waals surface area contributed by atoms with Crippen molar-refractivity contribution in [3.8, 4) is 17.2 Å². The van der Waals surface area contributed by atoms with Gasteiger partial charge in [-0.05, 0) is 97.5 Å². The van der Waals surface area contributed by atoms with Crippen LogP contribution in [-0.2, 0) is 28.6 Å². The van der Waals surface area contributed by atoms with Gasteiger partial charge < -0.3 is 28.4 Å². The Morgan fingerprint density at radius 3 is 1.69 bits per heavy atom. The molecule has 11 heteroatoms. The van der Waals surface area contributed by atoms with Crippen LogP contribution in [0.5, 0.6) is 17.2 Å². The second kappa shape index (κ2) is 21.0. The molecule has 0 saturated heterocycles. The number of ether oxygens (including phenoxy) is 6. The summed E-state index contributed by atoms with van der Waals surface area (Å²) in [5, 5.41) is 0. The van der Waals surface area contributed by atoms with Crippen molar-refractivity contribution in [2.24, 2.45) is 4.99 Å². The third-order valence-corrected chi connectivity index (χ3v) is 6.55. The molecule has 3 rings (SSSR count). The van der Waals surface area contributed by atoms with Crippen LogP contribution in [0.3, 0.4) is 0 Å². The molecule has 0 unspecified atom stereocenters. The van der Waals surface area contributed by atoms with Gasteiger partial charge in [0.2, 0.25) is 0 Å². The summed E-state index contributed by atoms with van der Waals surface area (Å²) in [6.45, 7) is 8.26. The number of rotatable bonds is 20. The number of carbonyl (C=O) groups is 4. The number of aliphatic imine (C=N–C) groups is 1. The number of hydrogen-bond donors (Lipinski definition) is 0. The molecule has 3 aromatic carbocycles. The van der Waals surface area contributed by atoms with Gasteiger partial charge >= 0.3 is 23.9 Å². The molecular weight excluding hydrogens is 630 g/mol. The van der Waals surface area contributed by atoms with E-state index in [4.69, 9.17) is 28.4 Å². The third kappa shape index (κ3) is 14.1. The van der Waals surface area contributed by atoms with Crippen LogP contribution in [0.2, 0.25) is 0 Å². The molecule has 0 radical (unpaired) electrons. The standard InChI is InChI=1S/C38H39NO10/c1-4-35(40)47-24-8-6-22-45-30-15-10-28(11-16-30)14-21-37(42)49-32-19-20-34(33(26-32)38(43)44-3)39-27-29-12-17-31(18-13-29)46-23-7-9-25-48-36(41)5-2/h4-5,10-21,26-27H,1-2,6-9,22-25H2,3H3/b21-14+,39-27?. The number of unbranched alkanes of at least 4 members (excludes halogenated alkanes) is 2. The van der Waals surface area contributed by atoms with Crippen molar-refractivity contribution >= 4 is 41.9 Å². The quantitative estimate of drug-likeness (QED) is 0.0322. The molecule has 0 N–H and O–H groups in total. The van der Waals surface area contributed by atoms with Crippen molar-refractivity contribution < 1.29 is 47.6 Å². The topological polar surface area (TPSA) is 136 Å². The van der Waals surface area contributed by atoms with Crippen LogP contribution in [0.4, 0.5) is 5.69 Å². The van der Waals surface area contributed by atoms with Crippen LogP contribution in [0.25, 0.3) is 6.08 Å². The first-order chi connectivity index (χ1) is 23.8. The fraction of sp³-hybridized carbons (Fsp3) is 0.237.